The standard InChI is InChI=1S/C16H13FN4O3/c1-9(22)15-6-10-4-12(8-19-16(10)20-15)18-7-11-5-13(21(23)24)2-3-14(11)17/h2-6,8,18H,7H2,1H3,(H,19,20). The lowest BCUT2D eigenvalue weighted by Gasteiger charge is -2.07. The molecule has 1 aromatic carbocycles. The maximum absolute atomic E-state index is 13.8. The van der Waals surface area contributed by atoms with E-state index in [4.69, 9.17) is 0 Å². The first-order chi connectivity index (χ1) is 11.4. The topological polar surface area (TPSA) is 101 Å². The lowest BCUT2D eigenvalue weighted by atomic mass is 10.2. The van der Waals surface area contributed by atoms with Crippen molar-refractivity contribution in [2.24, 2.45) is 0 Å². The van der Waals surface area contributed by atoms with Crippen molar-refractivity contribution in [2.45, 2.75) is 13.5 Å². The van der Waals surface area contributed by atoms with Crippen molar-refractivity contribution in [3.05, 3.63) is 63.7 Å². The number of nitro benzene ring substituents is 1. The number of hydrogen-bond acceptors (Lipinski definition) is 5. The molecule has 3 rings (SSSR count). The fraction of sp³-hybridized carbons (Fsp3) is 0.125. The number of anilines is 1. The normalized spacial score (nSPS) is 10.8. The molecule has 0 radical (unpaired) electrons. The number of Topliss-reactive ketones (excluding diaryl/α,β-unsaturated/α-hetero) is 1. The van der Waals surface area contributed by atoms with E-state index in [0.29, 0.717) is 17.0 Å². The number of fused-ring (bicyclic) bond motifs is 1. The highest BCUT2D eigenvalue weighted by Gasteiger charge is 2.11. The minimum atomic E-state index is -0.570. The second-order valence-electron chi connectivity index (χ2n) is 5.29. The van der Waals surface area contributed by atoms with Gasteiger partial charge in [-0.05, 0) is 18.2 Å². The van der Waals surface area contributed by atoms with Gasteiger partial charge in [0.2, 0.25) is 0 Å². The SMILES string of the molecule is CC(=O)c1cc2cc(NCc3cc([N+](=O)[O-])ccc3F)cnc2[nH]1. The zero-order valence-corrected chi connectivity index (χ0v) is 12.7. The molecule has 0 aliphatic carbocycles. The summed E-state index contributed by atoms with van der Waals surface area (Å²) >= 11 is 0. The van der Waals surface area contributed by atoms with Gasteiger partial charge in [-0.15, -0.1) is 0 Å². The summed E-state index contributed by atoms with van der Waals surface area (Å²) in [5, 5.41) is 14.5. The highest BCUT2D eigenvalue weighted by atomic mass is 19.1. The minimum absolute atomic E-state index is 0.0741. The highest BCUT2D eigenvalue weighted by Crippen LogP contribution is 2.21. The number of pyridine rings is 1. The summed E-state index contributed by atoms with van der Waals surface area (Å²) in [5.74, 6) is -0.621. The molecule has 0 aliphatic heterocycles. The molecular formula is C16H13FN4O3. The van der Waals surface area contributed by atoms with Gasteiger partial charge in [-0.1, -0.05) is 0 Å². The Balaban J connectivity index is 1.81. The Morgan fingerprint density at radius 2 is 2.17 bits per heavy atom. The Morgan fingerprint density at radius 3 is 2.88 bits per heavy atom. The molecule has 8 heteroatoms. The summed E-state index contributed by atoms with van der Waals surface area (Å²) in [6.45, 7) is 1.53. The summed E-state index contributed by atoms with van der Waals surface area (Å²) < 4.78 is 13.8. The summed E-state index contributed by atoms with van der Waals surface area (Å²) in [5.41, 5.74) is 1.66. The van der Waals surface area contributed by atoms with Crippen LogP contribution in [0, 0.1) is 15.9 Å². The van der Waals surface area contributed by atoms with Gasteiger partial charge < -0.3 is 10.3 Å². The van der Waals surface area contributed by atoms with Crippen LogP contribution in [0.5, 0.6) is 0 Å². The second kappa shape index (κ2) is 6.07. The number of benzene rings is 1. The van der Waals surface area contributed by atoms with E-state index in [0.717, 1.165) is 17.5 Å². The number of halogens is 1. The van der Waals surface area contributed by atoms with Crippen molar-refractivity contribution in [3.63, 3.8) is 0 Å². The molecule has 0 aliphatic rings. The summed E-state index contributed by atoms with van der Waals surface area (Å²) in [4.78, 5) is 28.7. The van der Waals surface area contributed by atoms with Crippen LogP contribution in [0.15, 0.2) is 36.5 Å². The smallest absolute Gasteiger partial charge is 0.269 e. The Hall–Kier alpha value is -3.29. The summed E-state index contributed by atoms with van der Waals surface area (Å²) in [6, 6.07) is 6.83. The van der Waals surface area contributed by atoms with Gasteiger partial charge >= 0.3 is 0 Å². The fourth-order valence-electron chi connectivity index (χ4n) is 2.31. The average molecular weight is 328 g/mol. The van der Waals surface area contributed by atoms with Crippen LogP contribution in [0.3, 0.4) is 0 Å². The Labute approximate surface area is 135 Å². The molecule has 24 heavy (non-hydrogen) atoms. The van der Waals surface area contributed by atoms with Crippen molar-refractivity contribution >= 4 is 28.2 Å². The lowest BCUT2D eigenvalue weighted by Crippen LogP contribution is -2.03. The number of H-pyrrole nitrogens is 1. The van der Waals surface area contributed by atoms with Gasteiger partial charge in [0.05, 0.1) is 22.5 Å². The van der Waals surface area contributed by atoms with Gasteiger partial charge in [0.25, 0.3) is 5.69 Å². The molecule has 3 aromatic rings. The molecule has 2 aromatic heterocycles. The first-order valence-electron chi connectivity index (χ1n) is 7.10. The maximum atomic E-state index is 13.8. The monoisotopic (exact) mass is 328 g/mol. The van der Waals surface area contributed by atoms with Crippen molar-refractivity contribution in [1.29, 1.82) is 0 Å². The number of non-ortho nitro benzene ring substituents is 1. The van der Waals surface area contributed by atoms with E-state index < -0.39 is 10.7 Å². The lowest BCUT2D eigenvalue weighted by molar-refractivity contribution is -0.385. The number of nitrogens with zero attached hydrogens (tertiary/aromatic N) is 2. The van der Waals surface area contributed by atoms with E-state index in [-0.39, 0.29) is 23.6 Å². The van der Waals surface area contributed by atoms with Crippen LogP contribution in [-0.4, -0.2) is 20.7 Å². The number of nitrogens with one attached hydrogen (secondary N) is 2. The van der Waals surface area contributed by atoms with Crippen LogP contribution < -0.4 is 5.32 Å². The molecular weight excluding hydrogens is 315 g/mol. The zero-order chi connectivity index (χ0) is 17.3. The van der Waals surface area contributed by atoms with Crippen LogP contribution in [0.2, 0.25) is 0 Å². The van der Waals surface area contributed by atoms with Crippen molar-refractivity contribution in [1.82, 2.24) is 9.97 Å². The van der Waals surface area contributed by atoms with Gasteiger partial charge in [0.15, 0.2) is 5.78 Å². The third-order valence-electron chi connectivity index (χ3n) is 3.57. The number of aromatic nitrogens is 2. The quantitative estimate of drug-likeness (QED) is 0.424. The molecule has 2 heterocycles. The predicted molar refractivity (Wildman–Crippen MR) is 86.5 cm³/mol. The molecule has 0 bridgehead atoms. The van der Waals surface area contributed by atoms with E-state index in [1.165, 1.54) is 19.2 Å². The minimum Gasteiger partial charge on any atom is -0.380 e. The van der Waals surface area contributed by atoms with Crippen LogP contribution in [0.25, 0.3) is 11.0 Å². The molecule has 0 saturated carbocycles. The van der Waals surface area contributed by atoms with Crippen molar-refractivity contribution in [2.75, 3.05) is 5.32 Å². The van der Waals surface area contributed by atoms with Crippen LogP contribution in [0.1, 0.15) is 23.0 Å². The van der Waals surface area contributed by atoms with Crippen molar-refractivity contribution in [3.8, 4) is 0 Å². The second-order valence-corrected chi connectivity index (χ2v) is 5.29. The molecule has 0 fully saturated rings. The number of nitro groups is 1. The number of carbonyl (C=O) groups excluding carboxylic acids is 1. The molecule has 0 spiro atoms. The molecule has 122 valence electrons. The highest BCUT2D eigenvalue weighted by molar-refractivity contribution is 5.97. The van der Waals surface area contributed by atoms with Crippen molar-refractivity contribution < 1.29 is 14.1 Å². The summed E-state index contributed by atoms with van der Waals surface area (Å²) in [7, 11) is 0. The van der Waals surface area contributed by atoms with E-state index in [1.807, 2.05) is 0 Å². The zero-order valence-electron chi connectivity index (χ0n) is 12.7. The maximum Gasteiger partial charge on any atom is 0.269 e. The summed E-state index contributed by atoms with van der Waals surface area (Å²) in [6.07, 6.45) is 1.54. The molecule has 2 N–H and O–H groups in total. The Kier molecular flexibility index (Phi) is 3.95. The number of aromatic amines is 1. The van der Waals surface area contributed by atoms with Gasteiger partial charge in [-0.3, -0.25) is 14.9 Å². The van der Waals surface area contributed by atoms with Crippen LogP contribution >= 0.6 is 0 Å². The van der Waals surface area contributed by atoms with Gasteiger partial charge in [-0.2, -0.15) is 0 Å². The largest absolute Gasteiger partial charge is 0.380 e. The molecule has 0 amide bonds. The molecule has 0 unspecified atom stereocenters. The van der Waals surface area contributed by atoms with Gasteiger partial charge in [-0.25, -0.2) is 9.37 Å². The number of carbonyl (C=O) groups is 1. The Bertz CT molecular complexity index is 952. The van der Waals surface area contributed by atoms with Crippen LogP contribution in [0.4, 0.5) is 15.8 Å². The third kappa shape index (κ3) is 3.07. The number of rotatable bonds is 5. The fourth-order valence-corrected chi connectivity index (χ4v) is 2.31. The Morgan fingerprint density at radius 1 is 1.38 bits per heavy atom. The van der Waals surface area contributed by atoms with E-state index in [1.54, 1.807) is 12.1 Å². The average Bonchev–Trinajstić information content (AvgIpc) is 2.97. The molecule has 7 nitrogen and oxygen atoms in total. The predicted octanol–water partition coefficient (Wildman–Crippen LogP) is 3.42. The van der Waals surface area contributed by atoms with Gasteiger partial charge in [0.1, 0.15) is 11.5 Å². The van der Waals surface area contributed by atoms with Crippen LogP contribution in [-0.2, 0) is 6.54 Å². The first-order valence-corrected chi connectivity index (χ1v) is 7.10. The third-order valence-corrected chi connectivity index (χ3v) is 3.57. The van der Waals surface area contributed by atoms with Gasteiger partial charge in [0, 0.05) is 36.6 Å². The molecule has 0 saturated heterocycles. The molecule has 0 atom stereocenters. The first kappa shape index (κ1) is 15.6. The number of hydrogen-bond donors (Lipinski definition) is 2. The van der Waals surface area contributed by atoms with E-state index >= 15 is 0 Å². The number of ketones is 1. The van der Waals surface area contributed by atoms with E-state index in [2.05, 4.69) is 15.3 Å². The van der Waals surface area contributed by atoms with E-state index in [9.17, 15) is 19.3 Å².